The molecule has 0 bridgehead atoms. The molecule has 3 heterocycles. The first kappa shape index (κ1) is 18.9. The van der Waals surface area contributed by atoms with Crippen molar-refractivity contribution in [3.8, 4) is 0 Å². The van der Waals surface area contributed by atoms with Crippen LogP contribution >= 0.6 is 0 Å². The van der Waals surface area contributed by atoms with Crippen LogP contribution in [0.5, 0.6) is 0 Å². The van der Waals surface area contributed by atoms with Crippen LogP contribution in [-0.4, -0.2) is 73.9 Å². The summed E-state index contributed by atoms with van der Waals surface area (Å²) < 4.78 is 5.43. The summed E-state index contributed by atoms with van der Waals surface area (Å²) in [5.74, 6) is 1.82. The van der Waals surface area contributed by atoms with Crippen molar-refractivity contribution in [3.05, 3.63) is 54.2 Å². The van der Waals surface area contributed by atoms with E-state index in [4.69, 9.17) is 9.72 Å². The molecule has 0 saturated carbocycles. The Bertz CT molecular complexity index is 776. The van der Waals surface area contributed by atoms with E-state index in [0.717, 1.165) is 64.1 Å². The molecule has 2 aliphatic rings. The number of likely N-dealkylation sites (tertiary alicyclic amines) is 1. The molecule has 0 N–H and O–H groups in total. The molecular formula is C22H29N5O. The molecule has 28 heavy (non-hydrogen) atoms. The van der Waals surface area contributed by atoms with Gasteiger partial charge in [-0.1, -0.05) is 42.5 Å². The van der Waals surface area contributed by atoms with Crippen LogP contribution in [0.25, 0.3) is 6.08 Å². The third-order valence-electron chi connectivity index (χ3n) is 5.55. The number of hydrogen-bond donors (Lipinski definition) is 0. The molecule has 4 rings (SSSR count). The molecule has 0 amide bonds. The van der Waals surface area contributed by atoms with Crippen molar-refractivity contribution in [2.75, 3.05) is 62.8 Å². The van der Waals surface area contributed by atoms with Gasteiger partial charge in [-0.05, 0) is 18.1 Å². The number of nitrogens with zero attached hydrogens (tertiary/aromatic N) is 5. The molecule has 1 aromatic carbocycles. The molecule has 6 nitrogen and oxygen atoms in total. The van der Waals surface area contributed by atoms with Gasteiger partial charge in [0, 0.05) is 52.0 Å². The molecule has 2 fully saturated rings. The molecule has 1 atom stereocenters. The first-order valence-electron chi connectivity index (χ1n) is 10.1. The minimum absolute atomic E-state index is 0.484. The van der Waals surface area contributed by atoms with E-state index >= 15 is 0 Å². The Hall–Kier alpha value is -2.44. The molecule has 0 spiro atoms. The molecule has 0 radical (unpaired) electrons. The van der Waals surface area contributed by atoms with Crippen LogP contribution in [0.2, 0.25) is 0 Å². The monoisotopic (exact) mass is 379 g/mol. The van der Waals surface area contributed by atoms with Crippen molar-refractivity contribution in [1.82, 2.24) is 14.9 Å². The normalized spacial score (nSPS) is 20.8. The number of hydrogen-bond acceptors (Lipinski definition) is 6. The lowest BCUT2D eigenvalue weighted by Gasteiger charge is -2.29. The third-order valence-corrected chi connectivity index (χ3v) is 5.55. The maximum absolute atomic E-state index is 5.43. The average molecular weight is 380 g/mol. The molecule has 0 aliphatic carbocycles. The fourth-order valence-electron chi connectivity index (χ4n) is 3.83. The molecule has 2 saturated heterocycles. The zero-order valence-electron chi connectivity index (χ0n) is 16.6. The second kappa shape index (κ2) is 9.17. The summed E-state index contributed by atoms with van der Waals surface area (Å²) in [7, 11) is 2.15. The van der Waals surface area contributed by atoms with Crippen molar-refractivity contribution >= 4 is 17.8 Å². The Morgan fingerprint density at radius 3 is 2.79 bits per heavy atom. The van der Waals surface area contributed by atoms with E-state index in [2.05, 4.69) is 69.2 Å². The summed E-state index contributed by atoms with van der Waals surface area (Å²) >= 11 is 0. The van der Waals surface area contributed by atoms with Gasteiger partial charge in [-0.2, -0.15) is 4.98 Å². The van der Waals surface area contributed by atoms with Gasteiger partial charge in [-0.25, -0.2) is 4.98 Å². The third kappa shape index (κ3) is 4.69. The van der Waals surface area contributed by atoms with E-state index < -0.39 is 0 Å². The minimum atomic E-state index is 0.484. The Labute approximate surface area is 167 Å². The number of aromatic nitrogens is 2. The van der Waals surface area contributed by atoms with Gasteiger partial charge in [0.15, 0.2) is 0 Å². The van der Waals surface area contributed by atoms with Gasteiger partial charge in [0.05, 0.1) is 13.2 Å². The highest BCUT2D eigenvalue weighted by Gasteiger charge is 2.26. The zero-order valence-corrected chi connectivity index (χ0v) is 16.6. The Morgan fingerprint density at radius 1 is 1.14 bits per heavy atom. The van der Waals surface area contributed by atoms with Gasteiger partial charge in [0.1, 0.15) is 5.82 Å². The Balaban J connectivity index is 1.33. The first-order valence-corrected chi connectivity index (χ1v) is 10.1. The van der Waals surface area contributed by atoms with E-state index in [1.807, 2.05) is 12.3 Å². The number of morpholine rings is 1. The lowest BCUT2D eigenvalue weighted by atomic mass is 10.2. The van der Waals surface area contributed by atoms with Gasteiger partial charge in [0.25, 0.3) is 0 Å². The van der Waals surface area contributed by atoms with E-state index in [1.54, 1.807) is 0 Å². The van der Waals surface area contributed by atoms with E-state index in [9.17, 15) is 0 Å². The van der Waals surface area contributed by atoms with E-state index in [1.165, 1.54) is 5.56 Å². The lowest BCUT2D eigenvalue weighted by molar-refractivity contribution is 0.122. The Morgan fingerprint density at radius 2 is 1.96 bits per heavy atom. The lowest BCUT2D eigenvalue weighted by Crippen LogP contribution is -2.38. The predicted octanol–water partition coefficient (Wildman–Crippen LogP) is 2.54. The molecule has 2 aromatic rings. The molecule has 1 aromatic heterocycles. The molecule has 148 valence electrons. The summed E-state index contributed by atoms with van der Waals surface area (Å²) in [6, 6.07) is 13.0. The van der Waals surface area contributed by atoms with Crippen LogP contribution < -0.4 is 9.80 Å². The average Bonchev–Trinajstić information content (AvgIpc) is 3.24. The predicted molar refractivity (Wildman–Crippen MR) is 114 cm³/mol. The Kier molecular flexibility index (Phi) is 6.19. The smallest absolute Gasteiger partial charge is 0.227 e. The number of rotatable bonds is 6. The van der Waals surface area contributed by atoms with E-state index in [0.29, 0.717) is 6.04 Å². The van der Waals surface area contributed by atoms with Crippen LogP contribution in [-0.2, 0) is 4.74 Å². The number of benzene rings is 1. The SMILES string of the molecule is CN(c1ccnc(N2CCOCC2)n1)C1CCN(C/C=C/c2ccccc2)C1. The van der Waals surface area contributed by atoms with Crippen molar-refractivity contribution in [3.63, 3.8) is 0 Å². The van der Waals surface area contributed by atoms with Crippen LogP contribution in [0.3, 0.4) is 0 Å². The second-order valence-electron chi connectivity index (χ2n) is 7.44. The summed E-state index contributed by atoms with van der Waals surface area (Å²) in [5.41, 5.74) is 1.26. The van der Waals surface area contributed by atoms with Gasteiger partial charge in [-0.3, -0.25) is 4.90 Å². The van der Waals surface area contributed by atoms with Crippen molar-refractivity contribution in [2.24, 2.45) is 0 Å². The largest absolute Gasteiger partial charge is 0.378 e. The summed E-state index contributed by atoms with van der Waals surface area (Å²) in [4.78, 5) is 16.3. The fraction of sp³-hybridized carbons (Fsp3) is 0.455. The standard InChI is InChI=1S/C22H29N5O/c1-25(21-9-11-23-22(24-21)27-14-16-28-17-15-27)20-10-13-26(18-20)12-5-8-19-6-3-2-4-7-19/h2-9,11,20H,10,12-18H2,1H3/b8-5+. The van der Waals surface area contributed by atoms with Crippen LogP contribution in [0.15, 0.2) is 48.7 Å². The van der Waals surface area contributed by atoms with Crippen molar-refractivity contribution in [2.45, 2.75) is 12.5 Å². The molecule has 1 unspecified atom stereocenters. The number of likely N-dealkylation sites (N-methyl/N-ethyl adjacent to an activating group) is 1. The van der Waals surface area contributed by atoms with Crippen LogP contribution in [0.4, 0.5) is 11.8 Å². The summed E-state index contributed by atoms with van der Waals surface area (Å²) in [5, 5.41) is 0. The van der Waals surface area contributed by atoms with Gasteiger partial charge < -0.3 is 14.5 Å². The second-order valence-corrected chi connectivity index (χ2v) is 7.44. The first-order chi connectivity index (χ1) is 13.8. The summed E-state index contributed by atoms with van der Waals surface area (Å²) in [6.07, 6.45) is 7.50. The zero-order chi connectivity index (χ0) is 19.2. The maximum atomic E-state index is 5.43. The van der Waals surface area contributed by atoms with E-state index in [-0.39, 0.29) is 0 Å². The molecule has 2 aliphatic heterocycles. The highest BCUT2D eigenvalue weighted by Crippen LogP contribution is 2.21. The van der Waals surface area contributed by atoms with Crippen molar-refractivity contribution in [1.29, 1.82) is 0 Å². The highest BCUT2D eigenvalue weighted by atomic mass is 16.5. The molecule has 6 heteroatoms. The highest BCUT2D eigenvalue weighted by molar-refractivity contribution is 5.49. The van der Waals surface area contributed by atoms with Crippen molar-refractivity contribution < 1.29 is 4.74 Å². The fourth-order valence-corrected chi connectivity index (χ4v) is 3.83. The number of anilines is 2. The van der Waals surface area contributed by atoms with Crippen LogP contribution in [0.1, 0.15) is 12.0 Å². The minimum Gasteiger partial charge on any atom is -0.378 e. The van der Waals surface area contributed by atoms with Gasteiger partial charge in [-0.15, -0.1) is 0 Å². The molecular weight excluding hydrogens is 350 g/mol. The van der Waals surface area contributed by atoms with Gasteiger partial charge >= 0.3 is 0 Å². The quantitative estimate of drug-likeness (QED) is 0.769. The number of ether oxygens (including phenoxy) is 1. The van der Waals surface area contributed by atoms with Gasteiger partial charge in [0.2, 0.25) is 5.95 Å². The maximum Gasteiger partial charge on any atom is 0.227 e. The topological polar surface area (TPSA) is 44.7 Å². The summed E-state index contributed by atoms with van der Waals surface area (Å²) in [6.45, 7) is 6.38. The van der Waals surface area contributed by atoms with Crippen LogP contribution in [0, 0.1) is 0 Å².